The minimum absolute atomic E-state index is 0. The fourth-order valence-corrected chi connectivity index (χ4v) is 3.43. The molecule has 0 saturated heterocycles. The van der Waals surface area contributed by atoms with Gasteiger partial charge in [-0.1, -0.05) is 36.8 Å². The number of hydrogen-bond donors (Lipinski definition) is 1. The van der Waals surface area contributed by atoms with Gasteiger partial charge >= 0.3 is 0 Å². The SMILES string of the molecule is Cc1ccccc1OCC(O)Cn1c(C2CCC2)nc2ccccc21.Cl. The van der Waals surface area contributed by atoms with Crippen molar-refractivity contribution < 1.29 is 9.84 Å². The molecule has 0 spiro atoms. The fraction of sp³-hybridized carbons (Fsp3) is 0.381. The maximum Gasteiger partial charge on any atom is 0.122 e. The second kappa shape index (κ2) is 8.11. The van der Waals surface area contributed by atoms with Crippen LogP contribution in [0.15, 0.2) is 48.5 Å². The number of nitrogens with zero attached hydrogens (tertiary/aromatic N) is 2. The average Bonchev–Trinajstić information content (AvgIpc) is 2.91. The zero-order chi connectivity index (χ0) is 17.2. The van der Waals surface area contributed by atoms with Gasteiger partial charge in [0.2, 0.25) is 0 Å². The van der Waals surface area contributed by atoms with Crippen molar-refractivity contribution in [3.8, 4) is 5.75 Å². The molecule has 4 rings (SSSR count). The molecular weight excluding hydrogens is 348 g/mol. The molecule has 1 aromatic heterocycles. The molecule has 1 atom stereocenters. The third kappa shape index (κ3) is 3.71. The van der Waals surface area contributed by atoms with Gasteiger partial charge in [-0.2, -0.15) is 0 Å². The summed E-state index contributed by atoms with van der Waals surface area (Å²) in [5, 5.41) is 10.6. The van der Waals surface area contributed by atoms with Crippen LogP contribution < -0.4 is 4.74 Å². The lowest BCUT2D eigenvalue weighted by molar-refractivity contribution is 0.0916. The Morgan fingerprint density at radius 3 is 2.62 bits per heavy atom. The number of ether oxygens (including phenoxy) is 1. The number of hydrogen-bond acceptors (Lipinski definition) is 3. The summed E-state index contributed by atoms with van der Waals surface area (Å²) < 4.78 is 8.00. The number of rotatable bonds is 6. The first-order valence-corrected chi connectivity index (χ1v) is 9.04. The minimum Gasteiger partial charge on any atom is -0.491 e. The van der Waals surface area contributed by atoms with Gasteiger partial charge in [-0.15, -0.1) is 12.4 Å². The second-order valence-electron chi connectivity index (χ2n) is 6.93. The maximum atomic E-state index is 10.6. The van der Waals surface area contributed by atoms with Gasteiger partial charge in [-0.25, -0.2) is 4.98 Å². The Labute approximate surface area is 160 Å². The molecule has 0 bridgehead atoms. The Morgan fingerprint density at radius 2 is 1.88 bits per heavy atom. The highest BCUT2D eigenvalue weighted by atomic mass is 35.5. The molecule has 1 unspecified atom stereocenters. The molecule has 0 amide bonds. The van der Waals surface area contributed by atoms with Crippen molar-refractivity contribution >= 4 is 23.4 Å². The molecule has 4 nitrogen and oxygen atoms in total. The Kier molecular flexibility index (Phi) is 5.84. The van der Waals surface area contributed by atoms with Crippen molar-refractivity contribution in [3.63, 3.8) is 0 Å². The highest BCUT2D eigenvalue weighted by Crippen LogP contribution is 2.37. The molecule has 1 aliphatic carbocycles. The second-order valence-corrected chi connectivity index (χ2v) is 6.93. The Bertz CT molecular complexity index is 873. The summed E-state index contributed by atoms with van der Waals surface area (Å²) in [5.41, 5.74) is 3.19. The minimum atomic E-state index is -0.573. The first-order chi connectivity index (χ1) is 12.2. The van der Waals surface area contributed by atoms with E-state index in [9.17, 15) is 5.11 Å². The van der Waals surface area contributed by atoms with Crippen molar-refractivity contribution in [2.45, 2.75) is 44.8 Å². The number of aliphatic hydroxyl groups is 1. The number of aryl methyl sites for hydroxylation is 1. The Balaban J connectivity index is 0.00000196. The molecule has 1 saturated carbocycles. The summed E-state index contributed by atoms with van der Waals surface area (Å²) >= 11 is 0. The average molecular weight is 373 g/mol. The monoisotopic (exact) mass is 372 g/mol. The standard InChI is InChI=1S/C21H24N2O2.ClH/c1-15-7-2-5-12-20(15)25-14-17(24)13-23-19-11-4-3-10-18(19)22-21(23)16-8-6-9-16;/h2-5,7,10-12,16-17,24H,6,8-9,13-14H2,1H3;1H. The molecule has 1 aliphatic rings. The summed E-state index contributed by atoms with van der Waals surface area (Å²) in [6, 6.07) is 16.1. The van der Waals surface area contributed by atoms with Crippen LogP contribution in [0.3, 0.4) is 0 Å². The molecule has 1 N–H and O–H groups in total. The van der Waals surface area contributed by atoms with Crippen LogP contribution in [0.1, 0.15) is 36.6 Å². The number of imidazole rings is 1. The fourth-order valence-electron chi connectivity index (χ4n) is 3.43. The summed E-state index contributed by atoms with van der Waals surface area (Å²) in [5.74, 6) is 2.47. The van der Waals surface area contributed by atoms with Gasteiger partial charge in [0.05, 0.1) is 17.6 Å². The van der Waals surface area contributed by atoms with E-state index in [1.165, 1.54) is 19.3 Å². The van der Waals surface area contributed by atoms with E-state index in [2.05, 4.69) is 10.6 Å². The molecule has 0 aliphatic heterocycles. The molecule has 138 valence electrons. The summed E-state index contributed by atoms with van der Waals surface area (Å²) in [4.78, 5) is 4.83. The molecule has 26 heavy (non-hydrogen) atoms. The third-order valence-corrected chi connectivity index (χ3v) is 5.07. The quantitative estimate of drug-likeness (QED) is 0.694. The zero-order valence-corrected chi connectivity index (χ0v) is 15.8. The first kappa shape index (κ1) is 18.7. The van der Waals surface area contributed by atoms with Crippen LogP contribution in [-0.2, 0) is 6.54 Å². The molecule has 2 aromatic carbocycles. The number of benzene rings is 2. The maximum absolute atomic E-state index is 10.6. The van der Waals surface area contributed by atoms with E-state index in [-0.39, 0.29) is 19.0 Å². The Morgan fingerprint density at radius 1 is 1.15 bits per heavy atom. The van der Waals surface area contributed by atoms with E-state index >= 15 is 0 Å². The summed E-state index contributed by atoms with van der Waals surface area (Å²) in [6.45, 7) is 2.81. The van der Waals surface area contributed by atoms with Crippen LogP contribution in [0, 0.1) is 6.92 Å². The van der Waals surface area contributed by atoms with Gasteiger partial charge in [-0.3, -0.25) is 0 Å². The van der Waals surface area contributed by atoms with Crippen molar-refractivity contribution in [3.05, 3.63) is 59.9 Å². The zero-order valence-electron chi connectivity index (χ0n) is 15.0. The van der Waals surface area contributed by atoms with Crippen LogP contribution in [0.4, 0.5) is 0 Å². The van der Waals surface area contributed by atoms with E-state index in [4.69, 9.17) is 9.72 Å². The molecule has 1 heterocycles. The van der Waals surface area contributed by atoms with Gasteiger partial charge in [0, 0.05) is 5.92 Å². The number of aliphatic hydroxyl groups excluding tert-OH is 1. The molecule has 5 heteroatoms. The highest BCUT2D eigenvalue weighted by molar-refractivity contribution is 5.85. The lowest BCUT2D eigenvalue weighted by Gasteiger charge is -2.26. The van der Waals surface area contributed by atoms with Gasteiger partial charge < -0.3 is 14.4 Å². The largest absolute Gasteiger partial charge is 0.491 e. The number of aromatic nitrogens is 2. The topological polar surface area (TPSA) is 47.3 Å². The van der Waals surface area contributed by atoms with Gasteiger partial charge in [0.25, 0.3) is 0 Å². The van der Waals surface area contributed by atoms with Crippen LogP contribution in [0.5, 0.6) is 5.75 Å². The predicted octanol–water partition coefficient (Wildman–Crippen LogP) is 4.47. The van der Waals surface area contributed by atoms with E-state index in [0.717, 1.165) is 28.2 Å². The summed E-state index contributed by atoms with van der Waals surface area (Å²) in [6.07, 6.45) is 3.08. The van der Waals surface area contributed by atoms with Crippen LogP contribution in [0.25, 0.3) is 11.0 Å². The lowest BCUT2D eigenvalue weighted by Crippen LogP contribution is -2.26. The number of fused-ring (bicyclic) bond motifs is 1. The van der Waals surface area contributed by atoms with Crippen molar-refractivity contribution in [1.82, 2.24) is 9.55 Å². The Hall–Kier alpha value is -2.04. The van der Waals surface area contributed by atoms with Crippen LogP contribution in [0.2, 0.25) is 0 Å². The molecular formula is C21H25ClN2O2. The van der Waals surface area contributed by atoms with Crippen molar-refractivity contribution in [2.24, 2.45) is 0 Å². The third-order valence-electron chi connectivity index (χ3n) is 5.07. The van der Waals surface area contributed by atoms with Gasteiger partial charge in [-0.05, 0) is 43.5 Å². The highest BCUT2D eigenvalue weighted by Gasteiger charge is 2.26. The van der Waals surface area contributed by atoms with E-state index in [1.807, 2.05) is 49.4 Å². The smallest absolute Gasteiger partial charge is 0.122 e. The molecule has 3 aromatic rings. The predicted molar refractivity (Wildman–Crippen MR) is 106 cm³/mol. The first-order valence-electron chi connectivity index (χ1n) is 9.04. The van der Waals surface area contributed by atoms with E-state index in [1.54, 1.807) is 0 Å². The number of para-hydroxylation sites is 3. The van der Waals surface area contributed by atoms with Crippen LogP contribution >= 0.6 is 12.4 Å². The lowest BCUT2D eigenvalue weighted by atomic mass is 9.85. The van der Waals surface area contributed by atoms with Gasteiger partial charge in [0.15, 0.2) is 0 Å². The van der Waals surface area contributed by atoms with Gasteiger partial charge in [0.1, 0.15) is 24.3 Å². The van der Waals surface area contributed by atoms with E-state index < -0.39 is 6.10 Å². The van der Waals surface area contributed by atoms with Crippen molar-refractivity contribution in [2.75, 3.05) is 6.61 Å². The molecule has 1 fully saturated rings. The normalized spacial score (nSPS) is 15.3. The van der Waals surface area contributed by atoms with Crippen LogP contribution in [-0.4, -0.2) is 27.4 Å². The van der Waals surface area contributed by atoms with Crippen molar-refractivity contribution in [1.29, 1.82) is 0 Å². The summed E-state index contributed by atoms with van der Waals surface area (Å²) in [7, 11) is 0. The molecule has 0 radical (unpaired) electrons. The van der Waals surface area contributed by atoms with E-state index in [0.29, 0.717) is 12.5 Å². The number of halogens is 1.